The number of aromatic hydroxyl groups is 1. The van der Waals surface area contributed by atoms with E-state index in [9.17, 15) is 9.90 Å². The van der Waals surface area contributed by atoms with Gasteiger partial charge in [0.2, 0.25) is 0 Å². The first-order valence-corrected chi connectivity index (χ1v) is 8.08. The second-order valence-corrected chi connectivity index (χ2v) is 6.99. The van der Waals surface area contributed by atoms with Crippen LogP contribution in [0.1, 0.15) is 27.4 Å². The minimum atomic E-state index is -0.161. The number of benzene rings is 1. The van der Waals surface area contributed by atoms with Crippen molar-refractivity contribution >= 4 is 39.5 Å². The number of amides is 1. The number of aryl methyl sites for hydroxylation is 3. The standard InChI is InChI=1S/C17H15N3O2S/c1-8-4-13-11(6-15(8)21)12(16(22)19-13)5-14-10(3)18-17-20(14)7-9(2)23-17/h4-7,21H,1-3H3,(H,19,22)/b12-5+. The third-order valence-corrected chi connectivity index (χ3v) is 4.96. The summed E-state index contributed by atoms with van der Waals surface area (Å²) in [5.74, 6) is 0.0268. The van der Waals surface area contributed by atoms with Crippen LogP contribution in [0.4, 0.5) is 5.69 Å². The van der Waals surface area contributed by atoms with E-state index in [1.165, 1.54) is 0 Å². The molecule has 4 rings (SSSR count). The number of imidazole rings is 1. The Bertz CT molecular complexity index is 1010. The smallest absolute Gasteiger partial charge is 0.256 e. The lowest BCUT2D eigenvalue weighted by atomic mass is 10.0. The molecule has 0 fully saturated rings. The zero-order chi connectivity index (χ0) is 16.3. The van der Waals surface area contributed by atoms with Crippen LogP contribution < -0.4 is 5.32 Å². The van der Waals surface area contributed by atoms with Gasteiger partial charge in [-0.15, -0.1) is 11.3 Å². The first-order valence-electron chi connectivity index (χ1n) is 7.26. The molecule has 1 aliphatic rings. The predicted molar refractivity (Wildman–Crippen MR) is 91.9 cm³/mol. The summed E-state index contributed by atoms with van der Waals surface area (Å²) in [5, 5.41) is 12.8. The van der Waals surface area contributed by atoms with Gasteiger partial charge in [0, 0.05) is 22.3 Å². The van der Waals surface area contributed by atoms with Crippen molar-refractivity contribution < 1.29 is 9.90 Å². The van der Waals surface area contributed by atoms with Crippen LogP contribution in [0.2, 0.25) is 0 Å². The number of rotatable bonds is 1. The summed E-state index contributed by atoms with van der Waals surface area (Å²) in [6, 6.07) is 3.43. The molecule has 2 aromatic heterocycles. The third-order valence-electron chi connectivity index (χ3n) is 4.06. The van der Waals surface area contributed by atoms with Gasteiger partial charge in [0.25, 0.3) is 5.91 Å². The van der Waals surface area contributed by atoms with Gasteiger partial charge in [0.05, 0.1) is 17.0 Å². The maximum Gasteiger partial charge on any atom is 0.256 e. The molecule has 3 aromatic rings. The van der Waals surface area contributed by atoms with Gasteiger partial charge < -0.3 is 10.4 Å². The third kappa shape index (κ3) is 2.06. The van der Waals surface area contributed by atoms with E-state index in [0.29, 0.717) is 5.57 Å². The molecular weight excluding hydrogens is 310 g/mol. The Hall–Kier alpha value is -2.60. The van der Waals surface area contributed by atoms with Crippen LogP contribution in [-0.4, -0.2) is 20.4 Å². The summed E-state index contributed by atoms with van der Waals surface area (Å²) < 4.78 is 2.00. The van der Waals surface area contributed by atoms with Gasteiger partial charge in [0.1, 0.15) is 5.75 Å². The van der Waals surface area contributed by atoms with E-state index in [1.54, 1.807) is 23.5 Å². The summed E-state index contributed by atoms with van der Waals surface area (Å²) in [4.78, 5) is 19.0. The van der Waals surface area contributed by atoms with Crippen molar-refractivity contribution in [3.8, 4) is 5.75 Å². The lowest BCUT2D eigenvalue weighted by molar-refractivity contribution is -0.110. The number of thiazole rings is 1. The second kappa shape index (κ2) is 4.70. The topological polar surface area (TPSA) is 66.6 Å². The summed E-state index contributed by atoms with van der Waals surface area (Å²) in [6.45, 7) is 5.77. The molecular formula is C17H15N3O2S. The number of hydrogen-bond donors (Lipinski definition) is 2. The average molecular weight is 325 g/mol. The van der Waals surface area contributed by atoms with Crippen LogP contribution in [0.3, 0.4) is 0 Å². The Morgan fingerprint density at radius 3 is 2.87 bits per heavy atom. The second-order valence-electron chi connectivity index (χ2n) is 5.77. The van der Waals surface area contributed by atoms with E-state index < -0.39 is 0 Å². The highest BCUT2D eigenvalue weighted by Gasteiger charge is 2.26. The molecule has 116 valence electrons. The lowest BCUT2D eigenvalue weighted by Crippen LogP contribution is -2.04. The minimum absolute atomic E-state index is 0.161. The van der Waals surface area contributed by atoms with E-state index in [1.807, 2.05) is 37.4 Å². The predicted octanol–water partition coefficient (Wildman–Crippen LogP) is 3.52. The zero-order valence-electron chi connectivity index (χ0n) is 13.0. The zero-order valence-corrected chi connectivity index (χ0v) is 13.8. The van der Waals surface area contributed by atoms with Crippen LogP contribution in [0.15, 0.2) is 18.3 Å². The Morgan fingerprint density at radius 1 is 1.30 bits per heavy atom. The van der Waals surface area contributed by atoms with Crippen LogP contribution in [-0.2, 0) is 4.79 Å². The summed E-state index contributed by atoms with van der Waals surface area (Å²) in [7, 11) is 0. The maximum atomic E-state index is 12.3. The van der Waals surface area contributed by atoms with Gasteiger partial charge in [-0.1, -0.05) is 0 Å². The number of nitrogens with one attached hydrogen (secondary N) is 1. The fraction of sp³-hybridized carbons (Fsp3) is 0.176. The molecule has 0 saturated carbocycles. The van der Waals surface area contributed by atoms with Crippen molar-refractivity contribution in [2.75, 3.05) is 5.32 Å². The maximum absolute atomic E-state index is 12.3. The molecule has 0 unspecified atom stereocenters. The molecule has 1 amide bonds. The van der Waals surface area contributed by atoms with Crippen LogP contribution in [0.25, 0.3) is 16.6 Å². The summed E-state index contributed by atoms with van der Waals surface area (Å²) in [5.41, 5.74) is 4.50. The molecule has 23 heavy (non-hydrogen) atoms. The van der Waals surface area contributed by atoms with E-state index in [0.717, 1.165) is 38.0 Å². The van der Waals surface area contributed by atoms with Gasteiger partial charge in [0.15, 0.2) is 4.96 Å². The first-order chi connectivity index (χ1) is 10.9. The average Bonchev–Trinajstić information content (AvgIpc) is 3.05. The number of nitrogens with zero attached hydrogens (tertiary/aromatic N) is 2. The molecule has 1 aliphatic heterocycles. The van der Waals surface area contributed by atoms with Crippen LogP contribution in [0.5, 0.6) is 5.75 Å². The SMILES string of the molecule is Cc1cn2c(/C=C3/C(=O)Nc4cc(C)c(O)cc43)c(C)nc2s1. The van der Waals surface area contributed by atoms with Crippen molar-refractivity contribution in [3.63, 3.8) is 0 Å². The molecule has 0 aliphatic carbocycles. The van der Waals surface area contributed by atoms with Gasteiger partial charge in [-0.3, -0.25) is 9.20 Å². The molecule has 0 bridgehead atoms. The van der Waals surface area contributed by atoms with E-state index in [2.05, 4.69) is 10.3 Å². The number of fused-ring (bicyclic) bond motifs is 2. The Morgan fingerprint density at radius 2 is 2.09 bits per heavy atom. The number of anilines is 1. The first kappa shape index (κ1) is 14.0. The van der Waals surface area contributed by atoms with Crippen LogP contribution >= 0.6 is 11.3 Å². The minimum Gasteiger partial charge on any atom is -0.508 e. The highest BCUT2D eigenvalue weighted by Crippen LogP contribution is 2.37. The van der Waals surface area contributed by atoms with Gasteiger partial charge >= 0.3 is 0 Å². The van der Waals surface area contributed by atoms with E-state index >= 15 is 0 Å². The van der Waals surface area contributed by atoms with Crippen LogP contribution in [0, 0.1) is 20.8 Å². The van der Waals surface area contributed by atoms with Gasteiger partial charge in [-0.2, -0.15) is 0 Å². The molecule has 6 heteroatoms. The fourth-order valence-corrected chi connectivity index (χ4v) is 3.75. The Balaban J connectivity index is 1.93. The van der Waals surface area contributed by atoms with Crippen molar-refractivity contribution in [3.05, 3.63) is 45.7 Å². The number of phenolic OH excluding ortho intramolecular Hbond substituents is 1. The Kier molecular flexibility index (Phi) is 2.86. The number of phenols is 1. The number of hydrogen-bond acceptors (Lipinski definition) is 4. The van der Waals surface area contributed by atoms with Crippen molar-refractivity contribution in [1.29, 1.82) is 0 Å². The van der Waals surface area contributed by atoms with Crippen molar-refractivity contribution in [2.24, 2.45) is 0 Å². The summed E-state index contributed by atoms with van der Waals surface area (Å²) in [6.07, 6.45) is 3.87. The number of aromatic nitrogens is 2. The molecule has 0 atom stereocenters. The van der Waals surface area contributed by atoms with Crippen molar-refractivity contribution in [2.45, 2.75) is 20.8 Å². The van der Waals surface area contributed by atoms with Gasteiger partial charge in [-0.05, 0) is 44.5 Å². The number of carbonyl (C=O) groups excluding carboxylic acids is 1. The number of carbonyl (C=O) groups is 1. The highest BCUT2D eigenvalue weighted by atomic mass is 32.1. The summed E-state index contributed by atoms with van der Waals surface area (Å²) >= 11 is 1.62. The fourth-order valence-electron chi connectivity index (χ4n) is 2.87. The molecule has 1 aromatic carbocycles. The van der Waals surface area contributed by atoms with E-state index in [-0.39, 0.29) is 11.7 Å². The van der Waals surface area contributed by atoms with Crippen molar-refractivity contribution in [1.82, 2.24) is 9.38 Å². The molecule has 0 spiro atoms. The molecule has 2 N–H and O–H groups in total. The molecule has 0 radical (unpaired) electrons. The normalized spacial score (nSPS) is 15.4. The Labute approximate surface area is 136 Å². The molecule has 3 heterocycles. The molecule has 0 saturated heterocycles. The van der Waals surface area contributed by atoms with Gasteiger partial charge in [-0.25, -0.2) is 4.98 Å². The largest absolute Gasteiger partial charge is 0.508 e. The monoisotopic (exact) mass is 325 g/mol. The highest BCUT2D eigenvalue weighted by molar-refractivity contribution is 7.17. The molecule has 5 nitrogen and oxygen atoms in total. The lowest BCUT2D eigenvalue weighted by Gasteiger charge is -2.03. The quantitative estimate of drug-likeness (QED) is 0.531. The van der Waals surface area contributed by atoms with E-state index in [4.69, 9.17) is 0 Å².